The molecule has 1 atom stereocenters. The summed E-state index contributed by atoms with van der Waals surface area (Å²) < 4.78 is 0. The fraction of sp³-hybridized carbons (Fsp3) is 0.435. The van der Waals surface area contributed by atoms with Crippen LogP contribution in [0.2, 0.25) is 5.02 Å². The molecule has 148 valence electrons. The first kappa shape index (κ1) is 19.3. The second-order valence-corrected chi connectivity index (χ2v) is 8.33. The van der Waals surface area contributed by atoms with E-state index in [0.717, 1.165) is 26.1 Å². The van der Waals surface area contributed by atoms with Crippen LogP contribution in [0.25, 0.3) is 0 Å². The average molecular weight is 398 g/mol. The molecule has 1 amide bonds. The van der Waals surface area contributed by atoms with Crippen LogP contribution >= 0.6 is 11.6 Å². The molecule has 4 nitrogen and oxygen atoms in total. The van der Waals surface area contributed by atoms with E-state index in [4.69, 9.17) is 11.6 Å². The van der Waals surface area contributed by atoms with Gasteiger partial charge in [0.1, 0.15) is 0 Å². The van der Waals surface area contributed by atoms with Gasteiger partial charge in [0.15, 0.2) is 0 Å². The zero-order chi connectivity index (χ0) is 19.5. The van der Waals surface area contributed by atoms with Crippen LogP contribution in [0, 0.1) is 0 Å². The van der Waals surface area contributed by atoms with Gasteiger partial charge in [-0.15, -0.1) is 0 Å². The average Bonchev–Trinajstić information content (AvgIpc) is 3.23. The molecule has 0 aliphatic carbocycles. The molecule has 0 bridgehead atoms. The summed E-state index contributed by atoms with van der Waals surface area (Å²) in [6.07, 6.45) is 4.80. The lowest BCUT2D eigenvalue weighted by Crippen LogP contribution is -2.37. The van der Waals surface area contributed by atoms with E-state index in [2.05, 4.69) is 40.4 Å². The molecule has 0 aromatic heterocycles. The van der Waals surface area contributed by atoms with E-state index in [1.807, 2.05) is 0 Å². The Balaban J connectivity index is 1.52. The lowest BCUT2D eigenvalue weighted by atomic mass is 9.96. The first-order valence-corrected chi connectivity index (χ1v) is 10.6. The highest BCUT2D eigenvalue weighted by Crippen LogP contribution is 2.31. The number of carbonyl (C=O) groups excluding carboxylic acids is 1. The number of likely N-dealkylation sites (tertiary alicyclic amines) is 1. The van der Waals surface area contributed by atoms with Gasteiger partial charge in [-0.05, 0) is 80.2 Å². The summed E-state index contributed by atoms with van der Waals surface area (Å²) in [6.45, 7) is 3.94. The molecule has 2 aromatic rings. The summed E-state index contributed by atoms with van der Waals surface area (Å²) in [4.78, 5) is 17.5. The van der Waals surface area contributed by atoms with Crippen LogP contribution in [0.3, 0.4) is 0 Å². The van der Waals surface area contributed by atoms with Gasteiger partial charge >= 0.3 is 0 Å². The Labute approximate surface area is 172 Å². The Morgan fingerprint density at radius 3 is 2.57 bits per heavy atom. The number of aryl methyl sites for hydroxylation is 1. The van der Waals surface area contributed by atoms with Gasteiger partial charge in [-0.3, -0.25) is 9.69 Å². The quantitative estimate of drug-likeness (QED) is 0.817. The number of anilines is 1. The summed E-state index contributed by atoms with van der Waals surface area (Å²) in [5, 5.41) is 3.79. The molecule has 0 spiro atoms. The Bertz CT molecular complexity index is 830. The molecule has 5 heteroatoms. The number of hydrogen-bond donors (Lipinski definition) is 1. The summed E-state index contributed by atoms with van der Waals surface area (Å²) in [7, 11) is 2.17. The Morgan fingerprint density at radius 1 is 1.07 bits per heavy atom. The van der Waals surface area contributed by atoms with E-state index in [1.165, 1.54) is 36.1 Å². The standard InChI is InChI=1S/C23H28ClN3O/c1-26-12-4-5-18-15-19(8-11-21(18)26)22(27-13-2-3-14-27)16-25-23(28)17-6-9-20(24)10-7-17/h6-11,15,22H,2-5,12-14,16H2,1H3,(H,25,28)/t22-/m0/s1. The Hall–Kier alpha value is -2.04. The fourth-order valence-corrected chi connectivity index (χ4v) is 4.54. The first-order valence-electron chi connectivity index (χ1n) is 10.2. The topological polar surface area (TPSA) is 35.6 Å². The summed E-state index contributed by atoms with van der Waals surface area (Å²) in [5.41, 5.74) is 4.74. The maximum atomic E-state index is 12.6. The second kappa shape index (κ2) is 8.54. The van der Waals surface area contributed by atoms with Crippen molar-refractivity contribution >= 4 is 23.2 Å². The lowest BCUT2D eigenvalue weighted by Gasteiger charge is -2.32. The zero-order valence-electron chi connectivity index (χ0n) is 16.5. The molecule has 0 unspecified atom stereocenters. The normalized spacial score (nSPS) is 18.0. The Morgan fingerprint density at radius 2 is 1.82 bits per heavy atom. The zero-order valence-corrected chi connectivity index (χ0v) is 17.2. The van der Waals surface area contributed by atoms with Gasteiger partial charge in [0, 0.05) is 36.4 Å². The van der Waals surface area contributed by atoms with Gasteiger partial charge < -0.3 is 10.2 Å². The van der Waals surface area contributed by atoms with Crippen molar-refractivity contribution in [2.75, 3.05) is 38.1 Å². The molecule has 2 heterocycles. The minimum absolute atomic E-state index is 0.0430. The molecule has 0 radical (unpaired) electrons. The van der Waals surface area contributed by atoms with Gasteiger partial charge in [0.25, 0.3) is 5.91 Å². The van der Waals surface area contributed by atoms with Gasteiger partial charge in [0.2, 0.25) is 0 Å². The van der Waals surface area contributed by atoms with Gasteiger partial charge in [-0.25, -0.2) is 0 Å². The maximum absolute atomic E-state index is 12.6. The number of nitrogens with one attached hydrogen (secondary N) is 1. The minimum atomic E-state index is -0.0430. The second-order valence-electron chi connectivity index (χ2n) is 7.89. The lowest BCUT2D eigenvalue weighted by molar-refractivity contribution is 0.0938. The third kappa shape index (κ3) is 4.18. The van der Waals surface area contributed by atoms with Gasteiger partial charge in [-0.2, -0.15) is 0 Å². The van der Waals surface area contributed by atoms with E-state index >= 15 is 0 Å². The van der Waals surface area contributed by atoms with E-state index in [0.29, 0.717) is 17.1 Å². The summed E-state index contributed by atoms with van der Waals surface area (Å²) in [6, 6.07) is 14.2. The van der Waals surface area contributed by atoms with E-state index in [-0.39, 0.29) is 11.9 Å². The number of benzene rings is 2. The van der Waals surface area contributed by atoms with Crippen molar-refractivity contribution in [1.82, 2.24) is 10.2 Å². The molecule has 2 aliphatic rings. The highest BCUT2D eigenvalue weighted by molar-refractivity contribution is 6.30. The number of carbonyl (C=O) groups is 1. The molecule has 2 aromatic carbocycles. The highest BCUT2D eigenvalue weighted by atomic mass is 35.5. The molecule has 0 saturated carbocycles. The van der Waals surface area contributed by atoms with Crippen LogP contribution in [0.1, 0.15) is 46.8 Å². The van der Waals surface area contributed by atoms with Crippen LogP contribution in [-0.4, -0.2) is 44.0 Å². The molecule has 28 heavy (non-hydrogen) atoms. The van der Waals surface area contributed by atoms with Crippen LogP contribution in [0.5, 0.6) is 0 Å². The first-order chi connectivity index (χ1) is 13.6. The smallest absolute Gasteiger partial charge is 0.251 e. The largest absolute Gasteiger partial charge is 0.374 e. The van der Waals surface area contributed by atoms with Crippen LogP contribution in [-0.2, 0) is 6.42 Å². The van der Waals surface area contributed by atoms with Crippen molar-refractivity contribution in [2.45, 2.75) is 31.7 Å². The van der Waals surface area contributed by atoms with E-state index in [9.17, 15) is 4.79 Å². The number of rotatable bonds is 5. The van der Waals surface area contributed by atoms with Crippen molar-refractivity contribution in [3.63, 3.8) is 0 Å². The van der Waals surface area contributed by atoms with Crippen molar-refractivity contribution in [3.8, 4) is 0 Å². The number of hydrogen-bond acceptors (Lipinski definition) is 3. The number of amides is 1. The van der Waals surface area contributed by atoms with Crippen LogP contribution < -0.4 is 10.2 Å². The minimum Gasteiger partial charge on any atom is -0.374 e. The van der Waals surface area contributed by atoms with Crippen LogP contribution in [0.15, 0.2) is 42.5 Å². The maximum Gasteiger partial charge on any atom is 0.251 e. The molecule has 2 aliphatic heterocycles. The van der Waals surface area contributed by atoms with E-state index < -0.39 is 0 Å². The monoisotopic (exact) mass is 397 g/mol. The predicted molar refractivity (Wildman–Crippen MR) is 115 cm³/mol. The molecule has 1 saturated heterocycles. The molecule has 1 fully saturated rings. The molecular weight excluding hydrogens is 370 g/mol. The SMILES string of the molecule is CN1CCCc2cc([C@H](CNC(=O)c3ccc(Cl)cc3)N3CCCC3)ccc21. The summed E-state index contributed by atoms with van der Waals surface area (Å²) >= 11 is 5.94. The number of halogens is 1. The fourth-order valence-electron chi connectivity index (χ4n) is 4.42. The van der Waals surface area contributed by atoms with Gasteiger partial charge in [-0.1, -0.05) is 23.7 Å². The third-order valence-electron chi connectivity index (χ3n) is 5.98. The van der Waals surface area contributed by atoms with Gasteiger partial charge in [0.05, 0.1) is 6.04 Å². The predicted octanol–water partition coefficient (Wildman–Crippen LogP) is 4.29. The number of nitrogens with zero attached hydrogens (tertiary/aromatic N) is 2. The van der Waals surface area contributed by atoms with Crippen LogP contribution in [0.4, 0.5) is 5.69 Å². The number of fused-ring (bicyclic) bond motifs is 1. The molecule has 4 rings (SSSR count). The summed E-state index contributed by atoms with van der Waals surface area (Å²) in [5.74, 6) is -0.0430. The molecule has 1 N–H and O–H groups in total. The van der Waals surface area contributed by atoms with Crippen molar-refractivity contribution < 1.29 is 4.79 Å². The molecular formula is C23H28ClN3O. The van der Waals surface area contributed by atoms with Crippen molar-refractivity contribution in [1.29, 1.82) is 0 Å². The van der Waals surface area contributed by atoms with E-state index in [1.54, 1.807) is 24.3 Å². The highest BCUT2D eigenvalue weighted by Gasteiger charge is 2.25. The Kier molecular flexibility index (Phi) is 5.88. The van der Waals surface area contributed by atoms with Crippen molar-refractivity contribution in [2.24, 2.45) is 0 Å². The third-order valence-corrected chi connectivity index (χ3v) is 6.23. The van der Waals surface area contributed by atoms with Crippen molar-refractivity contribution in [3.05, 3.63) is 64.2 Å².